The summed E-state index contributed by atoms with van der Waals surface area (Å²) >= 11 is 0. The number of carboxylic acid groups (broad SMARTS) is 1. The molecule has 72 valence electrons. The van der Waals surface area contributed by atoms with Gasteiger partial charge < -0.3 is 15.5 Å². The number of hydrogen-bond acceptors (Lipinski definition) is 2. The number of aliphatic hydroxyl groups is 1. The molecule has 0 aromatic heterocycles. The molecule has 0 spiro atoms. The molecule has 0 aliphatic rings. The highest BCUT2D eigenvalue weighted by Crippen LogP contribution is 2.03. The predicted molar refractivity (Wildman–Crippen MR) is 46.2 cm³/mol. The molecule has 4 heteroatoms. The predicted octanol–water partition coefficient (Wildman–Crippen LogP) is 1.20. The summed E-state index contributed by atoms with van der Waals surface area (Å²) < 4.78 is 0. The Morgan fingerprint density at radius 1 is 1.50 bits per heavy atom. The van der Waals surface area contributed by atoms with Crippen LogP contribution in [0.15, 0.2) is 0 Å². The van der Waals surface area contributed by atoms with E-state index in [1.165, 1.54) is 0 Å². The summed E-state index contributed by atoms with van der Waals surface area (Å²) in [5.41, 5.74) is 0. The highest BCUT2D eigenvalue weighted by atomic mass is 16.4. The first-order chi connectivity index (χ1) is 5.70. The number of nitrogens with one attached hydrogen (secondary N) is 1. The quantitative estimate of drug-likeness (QED) is 0.568. The van der Waals surface area contributed by atoms with Crippen LogP contribution in [0.3, 0.4) is 0 Å². The van der Waals surface area contributed by atoms with E-state index in [0.29, 0.717) is 6.42 Å². The van der Waals surface area contributed by atoms with Gasteiger partial charge in [0.2, 0.25) is 0 Å². The molecule has 0 radical (unpaired) electrons. The minimum Gasteiger partial charge on any atom is -0.465 e. The van der Waals surface area contributed by atoms with E-state index in [9.17, 15) is 4.79 Å². The third kappa shape index (κ3) is 5.97. The van der Waals surface area contributed by atoms with Crippen LogP contribution in [0.4, 0.5) is 4.79 Å². The summed E-state index contributed by atoms with van der Waals surface area (Å²) in [5.74, 6) is 0. The van der Waals surface area contributed by atoms with Crippen LogP contribution in [-0.4, -0.2) is 29.0 Å². The molecule has 3 N–H and O–H groups in total. The fourth-order valence-electron chi connectivity index (χ4n) is 1.07. The van der Waals surface area contributed by atoms with Crippen LogP contribution in [0.25, 0.3) is 0 Å². The van der Waals surface area contributed by atoms with Crippen molar-refractivity contribution in [3.05, 3.63) is 0 Å². The summed E-state index contributed by atoms with van der Waals surface area (Å²) in [6, 6.07) is -0.0903. The van der Waals surface area contributed by atoms with E-state index in [4.69, 9.17) is 10.2 Å². The standard InChI is InChI=1S/C8H17NO3/c1-2-3-4-7(5-6-10)9-8(11)12/h7,9-10H,2-6H2,1H3,(H,11,12)/t7-/m0/s1. The molecular weight excluding hydrogens is 158 g/mol. The maximum atomic E-state index is 10.3. The first-order valence-electron chi connectivity index (χ1n) is 4.31. The Balaban J connectivity index is 3.61. The summed E-state index contributed by atoms with van der Waals surface area (Å²) in [4.78, 5) is 10.3. The van der Waals surface area contributed by atoms with Crippen molar-refractivity contribution in [3.63, 3.8) is 0 Å². The van der Waals surface area contributed by atoms with Crippen LogP contribution in [0.2, 0.25) is 0 Å². The molecule has 0 heterocycles. The number of unbranched alkanes of at least 4 members (excludes halogenated alkanes) is 1. The van der Waals surface area contributed by atoms with E-state index in [1.807, 2.05) is 0 Å². The molecule has 0 aromatic carbocycles. The molecule has 0 fully saturated rings. The van der Waals surface area contributed by atoms with E-state index in [0.717, 1.165) is 19.3 Å². The molecule has 0 aliphatic heterocycles. The molecule has 0 unspecified atom stereocenters. The lowest BCUT2D eigenvalue weighted by atomic mass is 10.1. The Morgan fingerprint density at radius 3 is 2.58 bits per heavy atom. The molecule has 4 nitrogen and oxygen atoms in total. The van der Waals surface area contributed by atoms with Gasteiger partial charge in [-0.2, -0.15) is 0 Å². The van der Waals surface area contributed by atoms with Crippen molar-refractivity contribution >= 4 is 6.09 Å². The number of hydrogen-bond donors (Lipinski definition) is 3. The second-order valence-corrected chi connectivity index (χ2v) is 2.80. The molecule has 1 atom stereocenters. The minimum absolute atomic E-state index is 0.0364. The first-order valence-corrected chi connectivity index (χ1v) is 4.31. The smallest absolute Gasteiger partial charge is 0.404 e. The zero-order chi connectivity index (χ0) is 9.40. The molecule has 0 saturated carbocycles. The highest BCUT2D eigenvalue weighted by molar-refractivity contribution is 5.64. The van der Waals surface area contributed by atoms with E-state index in [-0.39, 0.29) is 12.6 Å². The monoisotopic (exact) mass is 175 g/mol. The van der Waals surface area contributed by atoms with Crippen molar-refractivity contribution < 1.29 is 15.0 Å². The summed E-state index contributed by atoms with van der Waals surface area (Å²) in [6.07, 6.45) is 2.34. The van der Waals surface area contributed by atoms with Gasteiger partial charge in [-0.1, -0.05) is 19.8 Å². The van der Waals surface area contributed by atoms with Gasteiger partial charge in [0.05, 0.1) is 0 Å². The number of amides is 1. The van der Waals surface area contributed by atoms with Gasteiger partial charge in [-0.05, 0) is 12.8 Å². The molecule has 0 saturated heterocycles. The third-order valence-corrected chi connectivity index (χ3v) is 1.71. The normalized spacial score (nSPS) is 12.5. The van der Waals surface area contributed by atoms with Gasteiger partial charge in [0.25, 0.3) is 0 Å². The van der Waals surface area contributed by atoms with Crippen LogP contribution < -0.4 is 5.32 Å². The Morgan fingerprint density at radius 2 is 2.17 bits per heavy atom. The zero-order valence-corrected chi connectivity index (χ0v) is 7.42. The van der Waals surface area contributed by atoms with Gasteiger partial charge in [0.15, 0.2) is 0 Å². The van der Waals surface area contributed by atoms with E-state index in [2.05, 4.69) is 12.2 Å². The van der Waals surface area contributed by atoms with Gasteiger partial charge >= 0.3 is 6.09 Å². The van der Waals surface area contributed by atoms with Crippen molar-refractivity contribution in [1.29, 1.82) is 0 Å². The molecule has 0 aromatic rings. The molecule has 0 rings (SSSR count). The van der Waals surface area contributed by atoms with Crippen molar-refractivity contribution in [2.45, 2.75) is 38.6 Å². The van der Waals surface area contributed by atoms with Crippen molar-refractivity contribution in [2.75, 3.05) is 6.61 Å². The number of aliphatic hydroxyl groups excluding tert-OH is 1. The Hall–Kier alpha value is -0.770. The second kappa shape index (κ2) is 6.91. The fourth-order valence-corrected chi connectivity index (χ4v) is 1.07. The Bertz CT molecular complexity index is 127. The van der Waals surface area contributed by atoms with E-state index < -0.39 is 6.09 Å². The molecule has 12 heavy (non-hydrogen) atoms. The van der Waals surface area contributed by atoms with Gasteiger partial charge in [0, 0.05) is 12.6 Å². The lowest BCUT2D eigenvalue weighted by molar-refractivity contribution is 0.184. The first kappa shape index (κ1) is 11.2. The highest BCUT2D eigenvalue weighted by Gasteiger charge is 2.09. The molecule has 0 aliphatic carbocycles. The van der Waals surface area contributed by atoms with Crippen molar-refractivity contribution in [3.8, 4) is 0 Å². The van der Waals surface area contributed by atoms with Crippen molar-refractivity contribution in [1.82, 2.24) is 5.32 Å². The van der Waals surface area contributed by atoms with Crippen LogP contribution in [0.1, 0.15) is 32.6 Å². The van der Waals surface area contributed by atoms with E-state index >= 15 is 0 Å². The van der Waals surface area contributed by atoms with Gasteiger partial charge in [0.1, 0.15) is 0 Å². The van der Waals surface area contributed by atoms with Crippen LogP contribution >= 0.6 is 0 Å². The van der Waals surface area contributed by atoms with Gasteiger partial charge in [-0.3, -0.25) is 0 Å². The number of carbonyl (C=O) groups is 1. The maximum Gasteiger partial charge on any atom is 0.404 e. The van der Waals surface area contributed by atoms with Crippen LogP contribution in [0.5, 0.6) is 0 Å². The fraction of sp³-hybridized carbons (Fsp3) is 0.875. The summed E-state index contributed by atoms with van der Waals surface area (Å²) in [7, 11) is 0. The maximum absolute atomic E-state index is 10.3. The average Bonchev–Trinajstić information content (AvgIpc) is 2.00. The Kier molecular flexibility index (Phi) is 6.47. The second-order valence-electron chi connectivity index (χ2n) is 2.80. The minimum atomic E-state index is -1.01. The lowest BCUT2D eigenvalue weighted by Crippen LogP contribution is -2.34. The third-order valence-electron chi connectivity index (χ3n) is 1.71. The largest absolute Gasteiger partial charge is 0.465 e. The number of rotatable bonds is 6. The van der Waals surface area contributed by atoms with Crippen molar-refractivity contribution in [2.24, 2.45) is 0 Å². The molecule has 1 amide bonds. The van der Waals surface area contributed by atoms with Crippen LogP contribution in [-0.2, 0) is 0 Å². The lowest BCUT2D eigenvalue weighted by Gasteiger charge is -2.14. The van der Waals surface area contributed by atoms with E-state index in [1.54, 1.807) is 0 Å². The molecular formula is C8H17NO3. The topological polar surface area (TPSA) is 69.6 Å². The average molecular weight is 175 g/mol. The molecule has 0 bridgehead atoms. The van der Waals surface area contributed by atoms with Gasteiger partial charge in [-0.25, -0.2) is 4.79 Å². The zero-order valence-electron chi connectivity index (χ0n) is 7.42. The van der Waals surface area contributed by atoms with Gasteiger partial charge in [-0.15, -0.1) is 0 Å². The SMILES string of the molecule is CCCC[C@@H](CCO)NC(=O)O. The summed E-state index contributed by atoms with van der Waals surface area (Å²) in [6.45, 7) is 2.09. The Labute approximate surface area is 72.6 Å². The van der Waals surface area contributed by atoms with Crippen LogP contribution in [0, 0.1) is 0 Å². The summed E-state index contributed by atoms with van der Waals surface area (Å²) in [5, 5.41) is 19.4.